The number of aryl methyl sites for hydroxylation is 1. The summed E-state index contributed by atoms with van der Waals surface area (Å²) in [6, 6.07) is 5.43. The number of rotatable bonds is 5. The zero-order chi connectivity index (χ0) is 14.7. The molecule has 1 amide bonds. The summed E-state index contributed by atoms with van der Waals surface area (Å²) in [5.74, 6) is -1.30. The van der Waals surface area contributed by atoms with Gasteiger partial charge in [-0.1, -0.05) is 0 Å². The van der Waals surface area contributed by atoms with Gasteiger partial charge in [-0.3, -0.25) is 9.59 Å². The summed E-state index contributed by atoms with van der Waals surface area (Å²) >= 11 is 0. The topological polar surface area (TPSA) is 75.6 Å². The van der Waals surface area contributed by atoms with Crippen molar-refractivity contribution in [2.75, 3.05) is 11.9 Å². The van der Waals surface area contributed by atoms with E-state index in [4.69, 9.17) is 9.84 Å². The molecule has 0 radical (unpaired) electrons. The van der Waals surface area contributed by atoms with Crippen LogP contribution in [0.4, 0.5) is 5.69 Å². The summed E-state index contributed by atoms with van der Waals surface area (Å²) in [4.78, 5) is 23.0. The molecule has 1 saturated carbocycles. The van der Waals surface area contributed by atoms with Crippen LogP contribution in [0.2, 0.25) is 0 Å². The minimum absolute atomic E-state index is 0.212. The number of ether oxygens (including phenoxy) is 1. The van der Waals surface area contributed by atoms with E-state index in [1.54, 1.807) is 12.1 Å². The molecule has 20 heavy (non-hydrogen) atoms. The molecule has 2 atom stereocenters. The van der Waals surface area contributed by atoms with Crippen LogP contribution >= 0.6 is 0 Å². The Labute approximate surface area is 117 Å². The lowest BCUT2D eigenvalue weighted by Crippen LogP contribution is -2.41. The second-order valence-electron chi connectivity index (χ2n) is 5.03. The molecule has 0 aromatic heterocycles. The molecule has 1 aromatic rings. The molecule has 2 rings (SSSR count). The quantitative estimate of drug-likeness (QED) is 0.866. The third-order valence-electron chi connectivity index (χ3n) is 3.70. The summed E-state index contributed by atoms with van der Waals surface area (Å²) in [5, 5.41) is 11.8. The fourth-order valence-electron chi connectivity index (χ4n) is 2.37. The fraction of sp³-hybridized carbons (Fsp3) is 0.467. The van der Waals surface area contributed by atoms with E-state index >= 15 is 0 Å². The summed E-state index contributed by atoms with van der Waals surface area (Å²) in [6.07, 6.45) is 1.22. The molecule has 1 aliphatic carbocycles. The van der Waals surface area contributed by atoms with Gasteiger partial charge in [0.1, 0.15) is 5.75 Å². The van der Waals surface area contributed by atoms with Gasteiger partial charge in [-0.2, -0.15) is 0 Å². The Morgan fingerprint density at radius 3 is 2.55 bits per heavy atom. The van der Waals surface area contributed by atoms with E-state index in [9.17, 15) is 9.59 Å². The number of benzene rings is 1. The van der Waals surface area contributed by atoms with Crippen LogP contribution in [0.25, 0.3) is 0 Å². The first-order chi connectivity index (χ1) is 9.52. The van der Waals surface area contributed by atoms with Crippen molar-refractivity contribution in [3.05, 3.63) is 23.8 Å². The van der Waals surface area contributed by atoms with Gasteiger partial charge in [0.15, 0.2) is 0 Å². The van der Waals surface area contributed by atoms with Gasteiger partial charge < -0.3 is 15.2 Å². The van der Waals surface area contributed by atoms with E-state index in [1.807, 2.05) is 19.9 Å². The molecule has 5 heteroatoms. The van der Waals surface area contributed by atoms with Crippen LogP contribution in [-0.4, -0.2) is 23.6 Å². The van der Waals surface area contributed by atoms with Gasteiger partial charge in [-0.25, -0.2) is 0 Å². The third kappa shape index (κ3) is 2.92. The Hall–Kier alpha value is -2.04. The summed E-state index contributed by atoms with van der Waals surface area (Å²) in [5.41, 5.74) is 1.60. The van der Waals surface area contributed by atoms with Gasteiger partial charge >= 0.3 is 5.97 Å². The molecule has 2 N–H and O–H groups in total. The highest BCUT2D eigenvalue weighted by Crippen LogP contribution is 2.35. The van der Waals surface area contributed by atoms with E-state index in [-0.39, 0.29) is 5.91 Å². The average molecular weight is 277 g/mol. The van der Waals surface area contributed by atoms with Crippen LogP contribution in [0.5, 0.6) is 5.75 Å². The highest BCUT2D eigenvalue weighted by Gasteiger charge is 2.41. The predicted molar refractivity (Wildman–Crippen MR) is 74.8 cm³/mol. The SMILES string of the molecule is CCOc1ccc(NC(=O)C2CCC2C(=O)O)c(C)c1. The van der Waals surface area contributed by atoms with Crippen molar-refractivity contribution in [3.8, 4) is 5.75 Å². The Bertz CT molecular complexity index is 527. The predicted octanol–water partition coefficient (Wildman–Crippen LogP) is 2.44. The zero-order valence-electron chi connectivity index (χ0n) is 11.7. The van der Waals surface area contributed by atoms with Crippen LogP contribution < -0.4 is 10.1 Å². The number of amides is 1. The third-order valence-corrected chi connectivity index (χ3v) is 3.70. The smallest absolute Gasteiger partial charge is 0.307 e. The average Bonchev–Trinajstić information content (AvgIpc) is 2.30. The monoisotopic (exact) mass is 277 g/mol. The van der Waals surface area contributed by atoms with Gasteiger partial charge in [-0.15, -0.1) is 0 Å². The number of hydrogen-bond donors (Lipinski definition) is 2. The zero-order valence-corrected chi connectivity index (χ0v) is 11.7. The molecular formula is C15H19NO4. The highest BCUT2D eigenvalue weighted by atomic mass is 16.5. The first-order valence-electron chi connectivity index (χ1n) is 6.80. The molecule has 0 bridgehead atoms. The van der Waals surface area contributed by atoms with Crippen molar-refractivity contribution in [3.63, 3.8) is 0 Å². The molecule has 0 saturated heterocycles. The number of anilines is 1. The van der Waals surface area contributed by atoms with Crippen LogP contribution in [0.1, 0.15) is 25.3 Å². The van der Waals surface area contributed by atoms with E-state index in [2.05, 4.69) is 5.32 Å². The Morgan fingerprint density at radius 1 is 1.35 bits per heavy atom. The summed E-state index contributed by atoms with van der Waals surface area (Å²) in [6.45, 7) is 4.38. The minimum Gasteiger partial charge on any atom is -0.494 e. The second kappa shape index (κ2) is 5.94. The number of carbonyl (C=O) groups excluding carboxylic acids is 1. The molecule has 1 fully saturated rings. The van der Waals surface area contributed by atoms with Crippen molar-refractivity contribution in [2.45, 2.75) is 26.7 Å². The van der Waals surface area contributed by atoms with Gasteiger partial charge in [0.05, 0.1) is 18.4 Å². The van der Waals surface area contributed by atoms with Gasteiger partial charge in [0, 0.05) is 5.69 Å². The van der Waals surface area contributed by atoms with Crippen molar-refractivity contribution in [1.82, 2.24) is 0 Å². The maximum Gasteiger partial charge on any atom is 0.307 e. The van der Waals surface area contributed by atoms with Crippen molar-refractivity contribution in [2.24, 2.45) is 11.8 Å². The van der Waals surface area contributed by atoms with Crippen LogP contribution in [0.3, 0.4) is 0 Å². The molecule has 2 unspecified atom stereocenters. The van der Waals surface area contributed by atoms with E-state index in [0.717, 1.165) is 11.3 Å². The Kier molecular flexibility index (Phi) is 4.27. The lowest BCUT2D eigenvalue weighted by molar-refractivity contribution is -0.151. The maximum absolute atomic E-state index is 12.1. The lowest BCUT2D eigenvalue weighted by Gasteiger charge is -2.32. The summed E-state index contributed by atoms with van der Waals surface area (Å²) < 4.78 is 5.38. The lowest BCUT2D eigenvalue weighted by atomic mass is 9.73. The molecule has 1 aromatic carbocycles. The highest BCUT2D eigenvalue weighted by molar-refractivity contribution is 5.96. The largest absolute Gasteiger partial charge is 0.494 e. The van der Waals surface area contributed by atoms with E-state index in [0.29, 0.717) is 25.1 Å². The van der Waals surface area contributed by atoms with Gasteiger partial charge in [0.25, 0.3) is 0 Å². The standard InChI is InChI=1S/C15H19NO4/c1-3-20-10-4-7-13(9(2)8-10)16-14(17)11-5-6-12(11)15(18)19/h4,7-8,11-12H,3,5-6H2,1-2H3,(H,16,17)(H,18,19). The number of carboxylic acid groups (broad SMARTS) is 1. The maximum atomic E-state index is 12.1. The second-order valence-corrected chi connectivity index (χ2v) is 5.03. The molecular weight excluding hydrogens is 258 g/mol. The number of hydrogen-bond acceptors (Lipinski definition) is 3. The molecule has 1 aliphatic rings. The number of aliphatic carboxylic acids is 1. The molecule has 0 aliphatic heterocycles. The van der Waals surface area contributed by atoms with Crippen molar-refractivity contribution >= 4 is 17.6 Å². The van der Waals surface area contributed by atoms with Crippen LogP contribution in [0.15, 0.2) is 18.2 Å². The molecule has 0 spiro atoms. The van der Waals surface area contributed by atoms with Crippen LogP contribution in [-0.2, 0) is 9.59 Å². The van der Waals surface area contributed by atoms with Gasteiger partial charge in [0.2, 0.25) is 5.91 Å². The molecule has 5 nitrogen and oxygen atoms in total. The normalized spacial score (nSPS) is 20.9. The fourth-order valence-corrected chi connectivity index (χ4v) is 2.37. The number of carboxylic acids is 1. The van der Waals surface area contributed by atoms with Crippen LogP contribution in [0, 0.1) is 18.8 Å². The number of nitrogens with one attached hydrogen (secondary N) is 1. The summed E-state index contributed by atoms with van der Waals surface area (Å²) in [7, 11) is 0. The molecule has 108 valence electrons. The first kappa shape index (κ1) is 14.4. The Morgan fingerprint density at radius 2 is 2.05 bits per heavy atom. The van der Waals surface area contributed by atoms with Crippen molar-refractivity contribution in [1.29, 1.82) is 0 Å². The van der Waals surface area contributed by atoms with Gasteiger partial charge in [-0.05, 0) is 50.5 Å². The molecule has 0 heterocycles. The number of carbonyl (C=O) groups is 2. The van der Waals surface area contributed by atoms with E-state index in [1.165, 1.54) is 0 Å². The first-order valence-corrected chi connectivity index (χ1v) is 6.80. The minimum atomic E-state index is -0.889. The Balaban J connectivity index is 2.03. The van der Waals surface area contributed by atoms with E-state index < -0.39 is 17.8 Å². The van der Waals surface area contributed by atoms with Crippen molar-refractivity contribution < 1.29 is 19.4 Å².